The van der Waals surface area contributed by atoms with Gasteiger partial charge < -0.3 is 9.47 Å². The minimum Gasteiger partial charge on any atom is -0.370 e. The molecule has 0 aromatic heterocycles. The van der Waals surface area contributed by atoms with Crippen molar-refractivity contribution < 1.29 is 9.47 Å². The lowest BCUT2D eigenvalue weighted by molar-refractivity contribution is -0.283. The SMILES string of the molecule is CC1OC(C)C(C)(C)OC1(C)C. The molecule has 1 aliphatic heterocycles. The van der Waals surface area contributed by atoms with E-state index in [0.29, 0.717) is 0 Å². The summed E-state index contributed by atoms with van der Waals surface area (Å²) < 4.78 is 11.8. The molecule has 72 valence electrons. The fraction of sp³-hybridized carbons (Fsp3) is 1.00. The van der Waals surface area contributed by atoms with Crippen LogP contribution in [0.2, 0.25) is 0 Å². The maximum absolute atomic E-state index is 5.96. The van der Waals surface area contributed by atoms with E-state index in [1.54, 1.807) is 0 Å². The first kappa shape index (κ1) is 10.0. The lowest BCUT2D eigenvalue weighted by atomic mass is 9.93. The Labute approximate surface area is 75.2 Å². The van der Waals surface area contributed by atoms with Gasteiger partial charge in [0.25, 0.3) is 0 Å². The van der Waals surface area contributed by atoms with Crippen molar-refractivity contribution in [1.29, 1.82) is 0 Å². The van der Waals surface area contributed by atoms with Crippen LogP contribution < -0.4 is 0 Å². The van der Waals surface area contributed by atoms with E-state index in [1.165, 1.54) is 0 Å². The van der Waals surface area contributed by atoms with E-state index in [0.717, 1.165) is 0 Å². The molecular formula is C10H20O2. The van der Waals surface area contributed by atoms with Crippen LogP contribution in [0.3, 0.4) is 0 Å². The van der Waals surface area contributed by atoms with Gasteiger partial charge in [-0.15, -0.1) is 0 Å². The summed E-state index contributed by atoms with van der Waals surface area (Å²) in [6.45, 7) is 12.4. The fourth-order valence-corrected chi connectivity index (χ4v) is 1.48. The quantitative estimate of drug-likeness (QED) is 0.558. The Kier molecular flexibility index (Phi) is 2.26. The minimum atomic E-state index is -0.171. The fourth-order valence-electron chi connectivity index (χ4n) is 1.48. The Morgan fingerprint density at radius 3 is 1.42 bits per heavy atom. The van der Waals surface area contributed by atoms with Gasteiger partial charge in [0, 0.05) is 0 Å². The van der Waals surface area contributed by atoms with Crippen LogP contribution in [-0.2, 0) is 9.47 Å². The third-order valence-electron chi connectivity index (χ3n) is 2.89. The molecule has 2 nitrogen and oxygen atoms in total. The molecule has 2 unspecified atom stereocenters. The van der Waals surface area contributed by atoms with Crippen molar-refractivity contribution in [2.24, 2.45) is 0 Å². The Morgan fingerprint density at radius 1 is 0.833 bits per heavy atom. The van der Waals surface area contributed by atoms with Crippen LogP contribution in [-0.4, -0.2) is 23.4 Å². The van der Waals surface area contributed by atoms with Crippen LogP contribution >= 0.6 is 0 Å². The molecule has 0 aromatic carbocycles. The third-order valence-corrected chi connectivity index (χ3v) is 2.89. The van der Waals surface area contributed by atoms with E-state index in [9.17, 15) is 0 Å². The summed E-state index contributed by atoms with van der Waals surface area (Å²) in [5.41, 5.74) is -0.341. The third kappa shape index (κ3) is 1.64. The van der Waals surface area contributed by atoms with Crippen molar-refractivity contribution in [3.05, 3.63) is 0 Å². The van der Waals surface area contributed by atoms with E-state index in [2.05, 4.69) is 41.5 Å². The highest BCUT2D eigenvalue weighted by molar-refractivity contribution is 4.91. The highest BCUT2D eigenvalue weighted by Gasteiger charge is 2.44. The highest BCUT2D eigenvalue weighted by atomic mass is 16.6. The molecule has 2 heteroatoms. The maximum Gasteiger partial charge on any atom is 0.0893 e. The van der Waals surface area contributed by atoms with E-state index >= 15 is 0 Å². The van der Waals surface area contributed by atoms with Gasteiger partial charge in [-0.2, -0.15) is 0 Å². The number of rotatable bonds is 0. The van der Waals surface area contributed by atoms with Crippen molar-refractivity contribution in [3.8, 4) is 0 Å². The highest BCUT2D eigenvalue weighted by Crippen LogP contribution is 2.34. The maximum atomic E-state index is 5.96. The first-order chi connectivity index (χ1) is 5.26. The normalized spacial score (nSPS) is 39.5. The molecule has 1 aliphatic rings. The van der Waals surface area contributed by atoms with Gasteiger partial charge in [-0.1, -0.05) is 0 Å². The summed E-state index contributed by atoms with van der Waals surface area (Å²) in [4.78, 5) is 0. The van der Waals surface area contributed by atoms with Gasteiger partial charge in [-0.25, -0.2) is 0 Å². The summed E-state index contributed by atoms with van der Waals surface area (Å²) in [6, 6.07) is 0. The summed E-state index contributed by atoms with van der Waals surface area (Å²) >= 11 is 0. The van der Waals surface area contributed by atoms with Gasteiger partial charge in [0.2, 0.25) is 0 Å². The second-order valence-electron chi connectivity index (χ2n) is 4.73. The topological polar surface area (TPSA) is 18.5 Å². The molecule has 0 saturated carbocycles. The first-order valence-electron chi connectivity index (χ1n) is 4.61. The van der Waals surface area contributed by atoms with Gasteiger partial charge in [-0.05, 0) is 41.5 Å². The first-order valence-corrected chi connectivity index (χ1v) is 4.61. The lowest BCUT2D eigenvalue weighted by Gasteiger charge is -2.49. The molecule has 1 rings (SSSR count). The van der Waals surface area contributed by atoms with Crippen molar-refractivity contribution in [2.45, 2.75) is 65.0 Å². The predicted molar refractivity (Wildman–Crippen MR) is 49.3 cm³/mol. The summed E-state index contributed by atoms with van der Waals surface area (Å²) in [7, 11) is 0. The second-order valence-corrected chi connectivity index (χ2v) is 4.73. The van der Waals surface area contributed by atoms with E-state index in [1.807, 2.05) is 0 Å². The van der Waals surface area contributed by atoms with Crippen LogP contribution in [0.4, 0.5) is 0 Å². The van der Waals surface area contributed by atoms with Gasteiger partial charge >= 0.3 is 0 Å². The molecule has 0 spiro atoms. The molecule has 0 amide bonds. The molecule has 0 bridgehead atoms. The van der Waals surface area contributed by atoms with Crippen molar-refractivity contribution in [1.82, 2.24) is 0 Å². The molecule has 1 fully saturated rings. The van der Waals surface area contributed by atoms with Gasteiger partial charge in [0.15, 0.2) is 0 Å². The van der Waals surface area contributed by atoms with Crippen molar-refractivity contribution >= 4 is 0 Å². The van der Waals surface area contributed by atoms with E-state index < -0.39 is 0 Å². The molecule has 1 saturated heterocycles. The molecule has 0 radical (unpaired) electrons. The van der Waals surface area contributed by atoms with E-state index in [4.69, 9.17) is 9.47 Å². The molecule has 12 heavy (non-hydrogen) atoms. The predicted octanol–water partition coefficient (Wildman–Crippen LogP) is 2.37. The van der Waals surface area contributed by atoms with Crippen LogP contribution in [0.25, 0.3) is 0 Å². The smallest absolute Gasteiger partial charge is 0.0893 e. The van der Waals surface area contributed by atoms with Gasteiger partial charge in [0.05, 0.1) is 23.4 Å². The second kappa shape index (κ2) is 2.71. The Hall–Kier alpha value is -0.0800. The number of hydrogen-bond acceptors (Lipinski definition) is 2. The molecule has 2 atom stereocenters. The van der Waals surface area contributed by atoms with Gasteiger partial charge in [-0.3, -0.25) is 0 Å². The zero-order valence-electron chi connectivity index (χ0n) is 8.97. The zero-order chi connectivity index (χ0) is 9.57. The van der Waals surface area contributed by atoms with Gasteiger partial charge in [0.1, 0.15) is 0 Å². The zero-order valence-corrected chi connectivity index (χ0v) is 8.97. The average molecular weight is 172 g/mol. The Bertz CT molecular complexity index is 155. The average Bonchev–Trinajstić information content (AvgIpc) is 1.82. The number of ether oxygens (including phenoxy) is 2. The number of hydrogen-bond donors (Lipinski definition) is 0. The molecular weight excluding hydrogens is 152 g/mol. The monoisotopic (exact) mass is 172 g/mol. The largest absolute Gasteiger partial charge is 0.370 e. The van der Waals surface area contributed by atoms with Crippen LogP contribution in [0.5, 0.6) is 0 Å². The standard InChI is InChI=1S/C10H20O2/c1-7-9(3,4)12-10(5,6)8(2)11-7/h7-8H,1-6H3. The minimum absolute atomic E-state index is 0.167. The van der Waals surface area contributed by atoms with Crippen LogP contribution in [0.1, 0.15) is 41.5 Å². The van der Waals surface area contributed by atoms with Crippen LogP contribution in [0.15, 0.2) is 0 Å². The summed E-state index contributed by atoms with van der Waals surface area (Å²) in [5.74, 6) is 0. The van der Waals surface area contributed by atoms with Crippen molar-refractivity contribution in [2.75, 3.05) is 0 Å². The van der Waals surface area contributed by atoms with Crippen LogP contribution in [0, 0.1) is 0 Å². The Balaban J connectivity index is 2.78. The van der Waals surface area contributed by atoms with E-state index in [-0.39, 0.29) is 23.4 Å². The molecule has 0 aliphatic carbocycles. The summed E-state index contributed by atoms with van der Waals surface area (Å²) in [6.07, 6.45) is 0.334. The molecule has 0 aromatic rings. The molecule has 1 heterocycles. The Morgan fingerprint density at radius 2 is 1.17 bits per heavy atom. The lowest BCUT2D eigenvalue weighted by Crippen LogP contribution is -2.57. The summed E-state index contributed by atoms with van der Waals surface area (Å²) in [5, 5.41) is 0. The van der Waals surface area contributed by atoms with Crippen molar-refractivity contribution in [3.63, 3.8) is 0 Å². The molecule has 0 N–H and O–H groups in total.